The van der Waals surface area contributed by atoms with Crippen molar-refractivity contribution in [2.45, 2.75) is 65.7 Å². The van der Waals surface area contributed by atoms with E-state index in [0.717, 1.165) is 16.9 Å². The molecule has 29 heavy (non-hydrogen) atoms. The Kier molecular flexibility index (Phi) is 7.42. The first-order valence-electron chi connectivity index (χ1n) is 9.90. The van der Waals surface area contributed by atoms with Gasteiger partial charge in [-0.1, -0.05) is 38.5 Å². The van der Waals surface area contributed by atoms with Gasteiger partial charge in [0, 0.05) is 11.1 Å². The average molecular weight is 402 g/mol. The lowest BCUT2D eigenvalue weighted by Crippen LogP contribution is -2.50. The first-order chi connectivity index (χ1) is 13.6. The number of nitrogens with one attached hydrogen (secondary N) is 2. The van der Waals surface area contributed by atoms with Crippen molar-refractivity contribution in [3.8, 4) is 5.75 Å². The molecule has 7 heteroatoms. The van der Waals surface area contributed by atoms with Gasteiger partial charge in [0.25, 0.3) is 5.91 Å². The highest BCUT2D eigenvalue weighted by Crippen LogP contribution is 2.28. The zero-order valence-corrected chi connectivity index (χ0v) is 18.0. The molecule has 3 atom stereocenters. The third kappa shape index (κ3) is 6.62. The SMILES string of the molecule is CC[C@H](C)[C@H](NC(=O)OC(C)(C)C)C(=O)N/N=C\C1=Cc2ccccc2O[C@H]1C. The van der Waals surface area contributed by atoms with Crippen LogP contribution in [0.15, 0.2) is 34.9 Å². The number of carbonyl (C=O) groups excluding carboxylic acids is 2. The minimum Gasteiger partial charge on any atom is -0.485 e. The number of rotatable bonds is 6. The molecule has 2 N–H and O–H groups in total. The van der Waals surface area contributed by atoms with Gasteiger partial charge in [0.2, 0.25) is 0 Å². The van der Waals surface area contributed by atoms with Crippen LogP contribution in [0.5, 0.6) is 5.75 Å². The van der Waals surface area contributed by atoms with Gasteiger partial charge in [-0.3, -0.25) is 4.79 Å². The summed E-state index contributed by atoms with van der Waals surface area (Å²) < 4.78 is 11.1. The normalized spacial score (nSPS) is 18.1. The van der Waals surface area contributed by atoms with Crippen LogP contribution in [0, 0.1) is 5.92 Å². The van der Waals surface area contributed by atoms with Crippen molar-refractivity contribution < 1.29 is 19.1 Å². The minimum atomic E-state index is -0.748. The molecule has 1 aliphatic rings. The molecular weight excluding hydrogens is 370 g/mol. The molecule has 0 fully saturated rings. The lowest BCUT2D eigenvalue weighted by Gasteiger charge is -2.25. The fourth-order valence-corrected chi connectivity index (χ4v) is 2.78. The molecule has 7 nitrogen and oxygen atoms in total. The van der Waals surface area contributed by atoms with Crippen LogP contribution in [-0.4, -0.2) is 36.0 Å². The van der Waals surface area contributed by atoms with Crippen molar-refractivity contribution >= 4 is 24.3 Å². The average Bonchev–Trinajstić information content (AvgIpc) is 2.64. The van der Waals surface area contributed by atoms with E-state index < -0.39 is 23.6 Å². The largest absolute Gasteiger partial charge is 0.485 e. The molecule has 0 saturated carbocycles. The number of alkyl carbamates (subject to hydrolysis) is 1. The lowest BCUT2D eigenvalue weighted by molar-refractivity contribution is -0.124. The fourth-order valence-electron chi connectivity index (χ4n) is 2.78. The number of fused-ring (bicyclic) bond motifs is 1. The Balaban J connectivity index is 2.04. The van der Waals surface area contributed by atoms with E-state index in [4.69, 9.17) is 9.47 Å². The molecule has 158 valence electrons. The smallest absolute Gasteiger partial charge is 0.408 e. The van der Waals surface area contributed by atoms with Crippen LogP contribution in [0.1, 0.15) is 53.5 Å². The van der Waals surface area contributed by atoms with E-state index in [1.54, 1.807) is 27.0 Å². The molecule has 1 heterocycles. The van der Waals surface area contributed by atoms with E-state index in [1.807, 2.05) is 51.1 Å². The number of hydrogen-bond acceptors (Lipinski definition) is 5. The number of nitrogens with zero attached hydrogens (tertiary/aromatic N) is 1. The summed E-state index contributed by atoms with van der Waals surface area (Å²) in [4.78, 5) is 24.7. The van der Waals surface area contributed by atoms with Gasteiger partial charge in [-0.15, -0.1) is 0 Å². The number of hydrogen-bond donors (Lipinski definition) is 2. The van der Waals surface area contributed by atoms with E-state index in [-0.39, 0.29) is 12.0 Å². The quantitative estimate of drug-likeness (QED) is 0.559. The van der Waals surface area contributed by atoms with Crippen molar-refractivity contribution in [1.29, 1.82) is 0 Å². The standard InChI is InChI=1S/C22H31N3O4/c1-7-14(2)19(24-21(27)29-22(4,5)6)20(26)25-23-13-17-12-16-10-8-9-11-18(16)28-15(17)3/h8-15,19H,7H2,1-6H3,(H,24,27)(H,25,26)/b23-13-/t14-,15-,19-/m0/s1. The van der Waals surface area contributed by atoms with E-state index in [1.165, 1.54) is 0 Å². The van der Waals surface area contributed by atoms with Gasteiger partial charge in [0.15, 0.2) is 0 Å². The third-order valence-electron chi connectivity index (χ3n) is 4.57. The van der Waals surface area contributed by atoms with Crippen molar-refractivity contribution in [3.05, 3.63) is 35.4 Å². The highest BCUT2D eigenvalue weighted by Gasteiger charge is 2.28. The molecule has 2 amide bonds. The summed E-state index contributed by atoms with van der Waals surface area (Å²) in [5, 5.41) is 6.72. The number of carbonyl (C=O) groups is 2. The van der Waals surface area contributed by atoms with Crippen molar-refractivity contribution in [3.63, 3.8) is 0 Å². The lowest BCUT2D eigenvalue weighted by atomic mass is 9.99. The molecule has 1 aromatic rings. The number of hydrazone groups is 1. The van der Waals surface area contributed by atoms with E-state index >= 15 is 0 Å². The predicted molar refractivity (Wildman–Crippen MR) is 114 cm³/mol. The maximum absolute atomic E-state index is 12.6. The fraction of sp³-hybridized carbons (Fsp3) is 0.500. The van der Waals surface area contributed by atoms with Crippen LogP contribution in [0.25, 0.3) is 6.08 Å². The molecule has 0 bridgehead atoms. The molecule has 0 aromatic heterocycles. The molecule has 1 aromatic carbocycles. The van der Waals surface area contributed by atoms with Gasteiger partial charge in [0.1, 0.15) is 23.5 Å². The molecule has 0 aliphatic carbocycles. The van der Waals surface area contributed by atoms with Crippen LogP contribution in [-0.2, 0) is 9.53 Å². The number of benzene rings is 1. The Bertz CT molecular complexity index is 795. The number of amides is 2. The van der Waals surface area contributed by atoms with Crippen LogP contribution in [0.2, 0.25) is 0 Å². The second kappa shape index (κ2) is 9.58. The second-order valence-corrected chi connectivity index (χ2v) is 8.19. The third-order valence-corrected chi connectivity index (χ3v) is 4.57. The van der Waals surface area contributed by atoms with E-state index in [0.29, 0.717) is 6.42 Å². The number of ether oxygens (including phenoxy) is 2. The molecule has 0 saturated heterocycles. The number of para-hydroxylation sites is 1. The Morgan fingerprint density at radius 2 is 2.00 bits per heavy atom. The molecular formula is C22H31N3O4. The minimum absolute atomic E-state index is 0.0826. The summed E-state index contributed by atoms with van der Waals surface area (Å²) in [6.45, 7) is 11.1. The van der Waals surface area contributed by atoms with Crippen molar-refractivity contribution in [1.82, 2.24) is 10.7 Å². The molecule has 0 spiro atoms. The van der Waals surface area contributed by atoms with Gasteiger partial charge < -0.3 is 14.8 Å². The summed E-state index contributed by atoms with van der Waals surface area (Å²) in [5.74, 6) is 0.340. The highest BCUT2D eigenvalue weighted by molar-refractivity contribution is 5.91. The van der Waals surface area contributed by atoms with E-state index in [9.17, 15) is 9.59 Å². The monoisotopic (exact) mass is 401 g/mol. The van der Waals surface area contributed by atoms with Crippen molar-refractivity contribution in [2.24, 2.45) is 11.0 Å². The summed E-state index contributed by atoms with van der Waals surface area (Å²) in [6.07, 6.45) is 3.44. The topological polar surface area (TPSA) is 89.0 Å². The predicted octanol–water partition coefficient (Wildman–Crippen LogP) is 3.89. The summed E-state index contributed by atoms with van der Waals surface area (Å²) in [6, 6.07) is 6.98. The second-order valence-electron chi connectivity index (χ2n) is 8.19. The molecule has 0 radical (unpaired) electrons. The maximum Gasteiger partial charge on any atom is 0.408 e. The Labute approximate surface area is 172 Å². The van der Waals surface area contributed by atoms with Crippen LogP contribution < -0.4 is 15.5 Å². The highest BCUT2D eigenvalue weighted by atomic mass is 16.6. The first kappa shape index (κ1) is 22.5. The Morgan fingerprint density at radius 3 is 2.66 bits per heavy atom. The summed E-state index contributed by atoms with van der Waals surface area (Å²) in [7, 11) is 0. The maximum atomic E-state index is 12.6. The van der Waals surface area contributed by atoms with Gasteiger partial charge in [-0.2, -0.15) is 5.10 Å². The summed E-state index contributed by atoms with van der Waals surface area (Å²) in [5.41, 5.74) is 3.68. The van der Waals surface area contributed by atoms with Gasteiger partial charge in [-0.05, 0) is 45.8 Å². The van der Waals surface area contributed by atoms with Gasteiger partial charge in [-0.25, -0.2) is 10.2 Å². The van der Waals surface area contributed by atoms with Crippen LogP contribution in [0.4, 0.5) is 4.79 Å². The first-order valence-corrected chi connectivity index (χ1v) is 9.90. The zero-order valence-electron chi connectivity index (χ0n) is 18.0. The van der Waals surface area contributed by atoms with Gasteiger partial charge >= 0.3 is 6.09 Å². The van der Waals surface area contributed by atoms with Crippen molar-refractivity contribution in [2.75, 3.05) is 0 Å². The van der Waals surface area contributed by atoms with Gasteiger partial charge in [0.05, 0.1) is 6.21 Å². The Hall–Kier alpha value is -2.83. The molecule has 1 aliphatic heterocycles. The van der Waals surface area contributed by atoms with E-state index in [2.05, 4.69) is 15.8 Å². The van der Waals surface area contributed by atoms with Crippen LogP contribution >= 0.6 is 0 Å². The molecule has 0 unspecified atom stereocenters. The molecule has 2 rings (SSSR count). The zero-order chi connectivity index (χ0) is 21.6. The Morgan fingerprint density at radius 1 is 1.31 bits per heavy atom. The summed E-state index contributed by atoms with van der Waals surface area (Å²) >= 11 is 0. The van der Waals surface area contributed by atoms with Crippen LogP contribution in [0.3, 0.4) is 0 Å².